The standard InChI is InChI=1S/C9H10ClF2N3O2S/c1-2-18(16,17)4-3-15-8(10)6(5-13)7(14-15)9(11)12/h9H,2-4H2,1H3. The van der Waals surface area contributed by atoms with E-state index in [-0.39, 0.29) is 23.2 Å². The van der Waals surface area contributed by atoms with Crippen LogP contribution in [0.5, 0.6) is 0 Å². The molecule has 0 amide bonds. The molecule has 0 aliphatic carbocycles. The zero-order valence-electron chi connectivity index (χ0n) is 9.40. The zero-order valence-corrected chi connectivity index (χ0v) is 11.0. The summed E-state index contributed by atoms with van der Waals surface area (Å²) in [5, 5.41) is 11.9. The third-order valence-corrected chi connectivity index (χ3v) is 4.36. The average molecular weight is 298 g/mol. The van der Waals surface area contributed by atoms with E-state index in [1.807, 2.05) is 0 Å². The maximum Gasteiger partial charge on any atom is 0.283 e. The highest BCUT2D eigenvalue weighted by molar-refractivity contribution is 7.91. The molecule has 0 saturated heterocycles. The maximum atomic E-state index is 12.5. The van der Waals surface area contributed by atoms with Gasteiger partial charge >= 0.3 is 0 Å². The van der Waals surface area contributed by atoms with Crippen molar-refractivity contribution >= 4 is 21.4 Å². The van der Waals surface area contributed by atoms with Crippen LogP contribution in [-0.2, 0) is 16.4 Å². The van der Waals surface area contributed by atoms with E-state index >= 15 is 0 Å². The summed E-state index contributed by atoms with van der Waals surface area (Å²) < 4.78 is 48.6. The summed E-state index contributed by atoms with van der Waals surface area (Å²) in [5.74, 6) is -0.322. The van der Waals surface area contributed by atoms with Gasteiger partial charge in [0.2, 0.25) is 0 Å². The van der Waals surface area contributed by atoms with Gasteiger partial charge in [0.15, 0.2) is 9.84 Å². The number of rotatable bonds is 5. The Morgan fingerprint density at radius 2 is 2.17 bits per heavy atom. The topological polar surface area (TPSA) is 75.8 Å². The quantitative estimate of drug-likeness (QED) is 0.830. The fourth-order valence-electron chi connectivity index (χ4n) is 1.23. The molecule has 0 aromatic carbocycles. The lowest BCUT2D eigenvalue weighted by Crippen LogP contribution is -2.15. The molecule has 0 N–H and O–H groups in total. The lowest BCUT2D eigenvalue weighted by molar-refractivity contribution is 0.144. The van der Waals surface area contributed by atoms with Gasteiger partial charge in [0, 0.05) is 5.75 Å². The molecule has 1 heterocycles. The fourth-order valence-corrected chi connectivity index (χ4v) is 2.23. The summed E-state index contributed by atoms with van der Waals surface area (Å²) in [6.07, 6.45) is -2.93. The first-order valence-corrected chi connectivity index (χ1v) is 7.17. The summed E-state index contributed by atoms with van der Waals surface area (Å²) in [6, 6.07) is 1.53. The first kappa shape index (κ1) is 14.9. The van der Waals surface area contributed by atoms with Gasteiger partial charge in [0.25, 0.3) is 6.43 Å². The van der Waals surface area contributed by atoms with Crippen LogP contribution in [0.4, 0.5) is 8.78 Å². The highest BCUT2D eigenvalue weighted by Gasteiger charge is 2.23. The maximum absolute atomic E-state index is 12.5. The van der Waals surface area contributed by atoms with Crippen LogP contribution >= 0.6 is 11.6 Å². The number of halogens is 3. The molecule has 0 fully saturated rings. The molecule has 0 aliphatic rings. The second kappa shape index (κ2) is 5.63. The summed E-state index contributed by atoms with van der Waals surface area (Å²) in [5.41, 5.74) is -1.14. The number of hydrogen-bond acceptors (Lipinski definition) is 4. The first-order chi connectivity index (χ1) is 8.32. The van der Waals surface area contributed by atoms with Crippen LogP contribution in [0.3, 0.4) is 0 Å². The zero-order chi connectivity index (χ0) is 13.9. The van der Waals surface area contributed by atoms with Crippen molar-refractivity contribution in [1.82, 2.24) is 9.78 Å². The molecule has 0 radical (unpaired) electrons. The van der Waals surface area contributed by atoms with Crippen LogP contribution < -0.4 is 0 Å². The van der Waals surface area contributed by atoms with E-state index in [1.165, 1.54) is 13.0 Å². The normalized spacial score (nSPS) is 11.8. The first-order valence-electron chi connectivity index (χ1n) is 4.97. The van der Waals surface area contributed by atoms with Crippen molar-refractivity contribution in [3.8, 4) is 6.07 Å². The van der Waals surface area contributed by atoms with E-state index in [2.05, 4.69) is 5.10 Å². The van der Waals surface area contributed by atoms with Gasteiger partial charge in [-0.3, -0.25) is 4.68 Å². The van der Waals surface area contributed by atoms with Crippen molar-refractivity contribution in [2.75, 3.05) is 11.5 Å². The van der Waals surface area contributed by atoms with E-state index in [9.17, 15) is 17.2 Å². The number of nitriles is 1. The van der Waals surface area contributed by atoms with Crippen molar-refractivity contribution in [2.24, 2.45) is 0 Å². The van der Waals surface area contributed by atoms with Crippen molar-refractivity contribution in [1.29, 1.82) is 5.26 Å². The van der Waals surface area contributed by atoms with Crippen molar-refractivity contribution in [3.63, 3.8) is 0 Å². The minimum atomic E-state index is -3.25. The summed E-state index contributed by atoms with van der Waals surface area (Å²) in [6.45, 7) is 1.32. The van der Waals surface area contributed by atoms with E-state index in [0.717, 1.165) is 4.68 Å². The van der Waals surface area contributed by atoms with Gasteiger partial charge in [-0.25, -0.2) is 17.2 Å². The Kier molecular flexibility index (Phi) is 4.65. The van der Waals surface area contributed by atoms with Gasteiger partial charge in [0.1, 0.15) is 22.5 Å². The van der Waals surface area contributed by atoms with Crippen LogP contribution in [0.15, 0.2) is 0 Å². The number of aromatic nitrogens is 2. The molecule has 5 nitrogen and oxygen atoms in total. The molecule has 100 valence electrons. The smallest absolute Gasteiger partial charge is 0.251 e. The molecule has 18 heavy (non-hydrogen) atoms. The number of hydrogen-bond donors (Lipinski definition) is 0. The molecule has 1 aromatic rings. The summed E-state index contributed by atoms with van der Waals surface area (Å²) >= 11 is 5.70. The van der Waals surface area contributed by atoms with Crippen LogP contribution in [-0.4, -0.2) is 29.7 Å². The van der Waals surface area contributed by atoms with E-state index < -0.39 is 27.5 Å². The summed E-state index contributed by atoms with van der Waals surface area (Å²) in [4.78, 5) is 0. The highest BCUT2D eigenvalue weighted by atomic mass is 35.5. The molecule has 1 rings (SSSR count). The third-order valence-electron chi connectivity index (χ3n) is 2.29. The molecule has 0 unspecified atom stereocenters. The lowest BCUT2D eigenvalue weighted by atomic mass is 10.3. The van der Waals surface area contributed by atoms with Crippen LogP contribution in [0, 0.1) is 11.3 Å². The van der Waals surface area contributed by atoms with E-state index in [0.29, 0.717) is 0 Å². The van der Waals surface area contributed by atoms with E-state index in [4.69, 9.17) is 16.9 Å². The van der Waals surface area contributed by atoms with Gasteiger partial charge in [0.05, 0.1) is 12.3 Å². The fraction of sp³-hybridized carbons (Fsp3) is 0.556. The monoisotopic (exact) mass is 297 g/mol. The lowest BCUT2D eigenvalue weighted by Gasteiger charge is -2.02. The SMILES string of the molecule is CCS(=O)(=O)CCn1nc(C(F)F)c(C#N)c1Cl. The Labute approximate surface area is 108 Å². The number of aryl methyl sites for hydroxylation is 1. The Morgan fingerprint density at radius 1 is 1.56 bits per heavy atom. The largest absolute Gasteiger partial charge is 0.283 e. The second-order valence-corrected chi connectivity index (χ2v) is 6.25. The average Bonchev–Trinajstić information content (AvgIpc) is 2.63. The third kappa shape index (κ3) is 3.17. The second-order valence-electron chi connectivity index (χ2n) is 3.42. The molecule has 1 aromatic heterocycles. The predicted molar refractivity (Wildman–Crippen MR) is 61.2 cm³/mol. The predicted octanol–water partition coefficient (Wildman–Crippen LogP) is 1.78. The number of alkyl halides is 2. The Hall–Kier alpha value is -1.20. The van der Waals surface area contributed by atoms with Crippen molar-refractivity contribution in [2.45, 2.75) is 19.9 Å². The molecule has 0 atom stereocenters. The minimum Gasteiger partial charge on any atom is -0.251 e. The molecular formula is C9H10ClF2N3O2S. The van der Waals surface area contributed by atoms with E-state index in [1.54, 1.807) is 0 Å². The Bertz CT molecular complexity index is 577. The highest BCUT2D eigenvalue weighted by Crippen LogP contribution is 2.27. The van der Waals surface area contributed by atoms with Crippen LogP contribution in [0.2, 0.25) is 5.15 Å². The van der Waals surface area contributed by atoms with Gasteiger partial charge in [-0.2, -0.15) is 10.4 Å². The summed E-state index contributed by atoms with van der Waals surface area (Å²) in [7, 11) is -3.25. The molecule has 0 saturated carbocycles. The van der Waals surface area contributed by atoms with Crippen molar-refractivity contribution < 1.29 is 17.2 Å². The van der Waals surface area contributed by atoms with Crippen molar-refractivity contribution in [3.05, 3.63) is 16.4 Å². The Morgan fingerprint density at radius 3 is 2.56 bits per heavy atom. The molecule has 0 spiro atoms. The molecular weight excluding hydrogens is 288 g/mol. The minimum absolute atomic E-state index is 0.0568. The number of nitrogens with zero attached hydrogens (tertiary/aromatic N) is 3. The molecule has 0 bridgehead atoms. The van der Waals surface area contributed by atoms with Crippen LogP contribution in [0.1, 0.15) is 24.6 Å². The van der Waals surface area contributed by atoms with Crippen LogP contribution in [0.25, 0.3) is 0 Å². The van der Waals surface area contributed by atoms with Gasteiger partial charge in [-0.1, -0.05) is 18.5 Å². The van der Waals surface area contributed by atoms with Gasteiger partial charge in [-0.15, -0.1) is 0 Å². The van der Waals surface area contributed by atoms with Gasteiger partial charge < -0.3 is 0 Å². The number of sulfone groups is 1. The van der Waals surface area contributed by atoms with Gasteiger partial charge in [-0.05, 0) is 0 Å². The molecule has 0 aliphatic heterocycles. The Balaban J connectivity index is 3.02. The molecule has 9 heteroatoms.